The second-order valence-electron chi connectivity index (χ2n) is 9.87. The zero-order valence-electron chi connectivity index (χ0n) is 22.2. The Morgan fingerprint density at radius 1 is 1.10 bits per heavy atom. The Kier molecular flexibility index (Phi) is 7.59. The lowest BCUT2D eigenvalue weighted by atomic mass is 9.99. The van der Waals surface area contributed by atoms with E-state index < -0.39 is 21.9 Å². The van der Waals surface area contributed by atoms with Gasteiger partial charge in [-0.3, -0.25) is 4.72 Å². The zero-order chi connectivity index (χ0) is 28.6. The molecule has 1 N–H and O–H groups in total. The van der Waals surface area contributed by atoms with Gasteiger partial charge in [0.15, 0.2) is 5.75 Å². The Balaban J connectivity index is 1.38. The Bertz CT molecular complexity index is 1780. The van der Waals surface area contributed by atoms with Crippen molar-refractivity contribution in [2.45, 2.75) is 26.3 Å². The topological polar surface area (TPSA) is 109 Å². The van der Waals surface area contributed by atoms with Crippen molar-refractivity contribution in [2.24, 2.45) is 0 Å². The fourth-order valence-electron chi connectivity index (χ4n) is 4.70. The van der Waals surface area contributed by atoms with Crippen LogP contribution in [-0.4, -0.2) is 44.4 Å². The number of hydrogen-bond acceptors (Lipinski definition) is 6. The monoisotopic (exact) mass is 581 g/mol. The molecule has 0 fully saturated rings. The summed E-state index contributed by atoms with van der Waals surface area (Å²) in [4.78, 5) is 26.2. The molecule has 1 aliphatic rings. The highest BCUT2D eigenvalue weighted by Gasteiger charge is 2.26. The van der Waals surface area contributed by atoms with E-state index in [9.17, 15) is 18.0 Å². The third-order valence-electron chi connectivity index (χ3n) is 6.89. The standard InChI is InChI=1S/C29H28ClN3O6S/c1-18-23-15-25(30)27(39-29(35)32(2)3)16-26(23)38-28(34)24(18)14-19-7-6-10-22(13-19)31-40(36,37)33-12-11-20-8-4-5-9-21(20)17-33/h4-10,13,15-16,31H,11-12,14,17H2,1-3H3. The first kappa shape index (κ1) is 27.7. The van der Waals surface area contributed by atoms with Crippen LogP contribution in [0.15, 0.2) is 69.9 Å². The molecule has 0 bridgehead atoms. The predicted octanol–water partition coefficient (Wildman–Crippen LogP) is 5.12. The van der Waals surface area contributed by atoms with E-state index in [1.807, 2.05) is 30.3 Å². The van der Waals surface area contributed by atoms with E-state index in [1.165, 1.54) is 15.3 Å². The molecule has 5 rings (SSSR count). The number of benzene rings is 3. The fraction of sp³-hybridized carbons (Fsp3) is 0.241. The van der Waals surface area contributed by atoms with Gasteiger partial charge in [0.05, 0.1) is 10.7 Å². The minimum absolute atomic E-state index is 0.0837. The molecule has 2 heterocycles. The van der Waals surface area contributed by atoms with E-state index in [-0.39, 0.29) is 22.8 Å². The van der Waals surface area contributed by atoms with Gasteiger partial charge >= 0.3 is 21.9 Å². The van der Waals surface area contributed by atoms with Crippen LogP contribution in [0.5, 0.6) is 5.75 Å². The maximum absolute atomic E-state index is 13.2. The molecule has 1 aromatic heterocycles. The number of ether oxygens (including phenoxy) is 1. The van der Waals surface area contributed by atoms with Gasteiger partial charge in [0.2, 0.25) is 0 Å². The van der Waals surface area contributed by atoms with Crippen molar-refractivity contribution in [1.29, 1.82) is 0 Å². The molecule has 0 unspecified atom stereocenters. The summed E-state index contributed by atoms with van der Waals surface area (Å²) in [6.07, 6.45) is 0.251. The lowest BCUT2D eigenvalue weighted by molar-refractivity contribution is 0.172. The quantitative estimate of drug-likeness (QED) is 0.317. The zero-order valence-corrected chi connectivity index (χ0v) is 23.8. The molecule has 0 aliphatic carbocycles. The van der Waals surface area contributed by atoms with Crippen molar-refractivity contribution in [2.75, 3.05) is 25.4 Å². The molecule has 0 spiro atoms. The number of carbonyl (C=O) groups excluding carboxylic acids is 1. The van der Waals surface area contributed by atoms with E-state index in [0.717, 1.165) is 16.7 Å². The van der Waals surface area contributed by atoms with Crippen molar-refractivity contribution < 1.29 is 22.4 Å². The van der Waals surface area contributed by atoms with Crippen molar-refractivity contribution in [1.82, 2.24) is 9.21 Å². The van der Waals surface area contributed by atoms with Gasteiger partial charge < -0.3 is 14.1 Å². The molecule has 1 amide bonds. The van der Waals surface area contributed by atoms with E-state index in [4.69, 9.17) is 20.8 Å². The van der Waals surface area contributed by atoms with Crippen LogP contribution in [0.1, 0.15) is 27.8 Å². The molecule has 0 saturated carbocycles. The Morgan fingerprint density at radius 3 is 2.60 bits per heavy atom. The summed E-state index contributed by atoms with van der Waals surface area (Å²) < 4.78 is 41.2. The minimum Gasteiger partial charge on any atom is -0.422 e. The van der Waals surface area contributed by atoms with E-state index in [1.54, 1.807) is 45.3 Å². The van der Waals surface area contributed by atoms with Crippen LogP contribution in [0.4, 0.5) is 10.5 Å². The third-order valence-corrected chi connectivity index (χ3v) is 8.67. The maximum Gasteiger partial charge on any atom is 0.414 e. The molecule has 0 saturated heterocycles. The normalized spacial score (nSPS) is 13.6. The largest absolute Gasteiger partial charge is 0.422 e. The second kappa shape index (κ2) is 11.0. The average Bonchev–Trinajstić information content (AvgIpc) is 2.91. The Morgan fingerprint density at radius 2 is 1.85 bits per heavy atom. The van der Waals surface area contributed by atoms with Crippen LogP contribution >= 0.6 is 11.6 Å². The fourth-order valence-corrected chi connectivity index (χ4v) is 6.09. The predicted molar refractivity (Wildman–Crippen MR) is 154 cm³/mol. The first-order valence-corrected chi connectivity index (χ1v) is 14.4. The molecule has 0 atom stereocenters. The van der Waals surface area contributed by atoms with Gasteiger partial charge in [-0.25, -0.2) is 9.59 Å². The number of fused-ring (bicyclic) bond motifs is 2. The van der Waals surface area contributed by atoms with Gasteiger partial charge in [0.1, 0.15) is 5.58 Å². The smallest absolute Gasteiger partial charge is 0.414 e. The number of carbonyl (C=O) groups is 1. The van der Waals surface area contributed by atoms with Crippen molar-refractivity contribution >= 4 is 44.6 Å². The van der Waals surface area contributed by atoms with Gasteiger partial charge in [0.25, 0.3) is 0 Å². The van der Waals surface area contributed by atoms with Crippen molar-refractivity contribution in [3.8, 4) is 5.75 Å². The first-order chi connectivity index (χ1) is 19.0. The van der Waals surface area contributed by atoms with Crippen LogP contribution in [-0.2, 0) is 29.6 Å². The molecule has 9 nitrogen and oxygen atoms in total. The lowest BCUT2D eigenvalue weighted by Crippen LogP contribution is -2.39. The number of amides is 1. The highest BCUT2D eigenvalue weighted by Crippen LogP contribution is 2.33. The van der Waals surface area contributed by atoms with Crippen LogP contribution in [0.2, 0.25) is 5.02 Å². The van der Waals surface area contributed by atoms with Crippen LogP contribution in [0, 0.1) is 6.92 Å². The molecular formula is C29H28ClN3O6S. The van der Waals surface area contributed by atoms with Gasteiger partial charge in [-0.2, -0.15) is 12.7 Å². The summed E-state index contributed by atoms with van der Waals surface area (Å²) in [5.41, 5.74) is 4.04. The second-order valence-corrected chi connectivity index (χ2v) is 11.9. The van der Waals surface area contributed by atoms with Gasteiger partial charge in [-0.15, -0.1) is 0 Å². The van der Waals surface area contributed by atoms with Crippen molar-refractivity contribution in [3.05, 3.63) is 104 Å². The summed E-state index contributed by atoms with van der Waals surface area (Å²) in [6, 6.07) is 17.8. The SMILES string of the molecule is Cc1c(Cc2cccc(NS(=O)(=O)N3CCc4ccccc4C3)c2)c(=O)oc2cc(OC(=O)N(C)C)c(Cl)cc12. The average molecular weight is 582 g/mol. The highest BCUT2D eigenvalue weighted by molar-refractivity contribution is 7.90. The summed E-state index contributed by atoms with van der Waals surface area (Å²) in [7, 11) is -0.703. The number of nitrogens with zero attached hydrogens (tertiary/aromatic N) is 2. The molecule has 3 aromatic carbocycles. The van der Waals surface area contributed by atoms with Crippen molar-refractivity contribution in [3.63, 3.8) is 0 Å². The molecule has 4 aromatic rings. The number of hydrogen-bond donors (Lipinski definition) is 1. The molecule has 0 radical (unpaired) electrons. The van der Waals surface area contributed by atoms with Crippen LogP contribution in [0.25, 0.3) is 11.0 Å². The van der Waals surface area contributed by atoms with Crippen LogP contribution in [0.3, 0.4) is 0 Å². The molecule has 11 heteroatoms. The number of halogens is 1. The summed E-state index contributed by atoms with van der Waals surface area (Å²) in [5, 5.41) is 0.800. The first-order valence-electron chi connectivity index (χ1n) is 12.6. The highest BCUT2D eigenvalue weighted by atomic mass is 35.5. The Labute approximate surface area is 237 Å². The molecular weight excluding hydrogens is 554 g/mol. The number of rotatable bonds is 6. The third kappa shape index (κ3) is 5.70. The number of anilines is 1. The molecule has 1 aliphatic heterocycles. The van der Waals surface area contributed by atoms with E-state index >= 15 is 0 Å². The van der Waals surface area contributed by atoms with E-state index in [2.05, 4.69) is 4.72 Å². The van der Waals surface area contributed by atoms with E-state index in [0.29, 0.717) is 41.7 Å². The van der Waals surface area contributed by atoms with Gasteiger partial charge in [-0.1, -0.05) is 48.0 Å². The lowest BCUT2D eigenvalue weighted by Gasteiger charge is -2.28. The summed E-state index contributed by atoms with van der Waals surface area (Å²) in [6.45, 7) is 2.49. The number of nitrogens with one attached hydrogen (secondary N) is 1. The van der Waals surface area contributed by atoms with Gasteiger partial charge in [0, 0.05) is 50.6 Å². The van der Waals surface area contributed by atoms with Crippen LogP contribution < -0.4 is 15.1 Å². The Hall–Kier alpha value is -3.86. The molecule has 40 heavy (non-hydrogen) atoms. The summed E-state index contributed by atoms with van der Waals surface area (Å²) in [5.74, 6) is 0.0837. The van der Waals surface area contributed by atoms with Gasteiger partial charge in [-0.05, 0) is 53.8 Å². The summed E-state index contributed by atoms with van der Waals surface area (Å²) >= 11 is 6.37. The maximum atomic E-state index is 13.2. The molecule has 208 valence electrons. The minimum atomic E-state index is -3.79. The number of aryl methyl sites for hydroxylation is 1.